The number of nitrogens with one attached hydrogen (secondary N) is 3. The Morgan fingerprint density at radius 1 is 1.37 bits per heavy atom. The summed E-state index contributed by atoms with van der Waals surface area (Å²) in [5.74, 6) is 0.384. The minimum atomic E-state index is -0.298. The third-order valence-corrected chi connectivity index (χ3v) is 3.88. The number of aromatic nitrogens is 2. The maximum Gasteiger partial charge on any atom is 0.272 e. The van der Waals surface area contributed by atoms with Gasteiger partial charge in [0.05, 0.1) is 18.3 Å². The number of amides is 2. The zero-order valence-electron chi connectivity index (χ0n) is 14.6. The van der Waals surface area contributed by atoms with Crippen LogP contribution in [0.3, 0.4) is 0 Å². The topological polar surface area (TPSA) is 120 Å². The number of hydrogen-bond acceptors (Lipinski definition) is 5. The van der Waals surface area contributed by atoms with Crippen LogP contribution in [0.5, 0.6) is 5.75 Å². The molecule has 0 fully saturated rings. The Labute approximate surface area is 155 Å². The molecule has 0 bridgehead atoms. The number of hydrogen-bond donors (Lipinski definition) is 3. The van der Waals surface area contributed by atoms with E-state index in [1.807, 2.05) is 13.0 Å². The first-order valence-electron chi connectivity index (χ1n) is 8.21. The highest BCUT2D eigenvalue weighted by molar-refractivity contribution is 6.06. The molecule has 0 aliphatic carbocycles. The van der Waals surface area contributed by atoms with E-state index in [0.717, 1.165) is 10.9 Å². The zero-order valence-corrected chi connectivity index (χ0v) is 14.6. The molecule has 27 heavy (non-hydrogen) atoms. The number of nitriles is 1. The maximum atomic E-state index is 12.5. The lowest BCUT2D eigenvalue weighted by Crippen LogP contribution is -2.19. The molecule has 2 aromatic heterocycles. The Kier molecular flexibility index (Phi) is 5.33. The molecule has 2 heterocycles. The largest absolute Gasteiger partial charge is 0.491 e. The van der Waals surface area contributed by atoms with Crippen LogP contribution in [-0.4, -0.2) is 35.4 Å². The second kappa shape index (κ2) is 8.01. The molecule has 0 spiro atoms. The lowest BCUT2D eigenvalue weighted by Gasteiger charge is -2.11. The van der Waals surface area contributed by atoms with Gasteiger partial charge in [-0.25, -0.2) is 4.98 Å². The Bertz CT molecular complexity index is 1040. The molecule has 136 valence electrons. The number of benzene rings is 1. The van der Waals surface area contributed by atoms with E-state index in [1.165, 1.54) is 6.20 Å². The molecule has 3 rings (SSSR count). The predicted octanol–water partition coefficient (Wildman–Crippen LogP) is 2.12. The number of H-pyrrole nitrogens is 1. The van der Waals surface area contributed by atoms with Gasteiger partial charge in [0.1, 0.15) is 29.8 Å². The maximum absolute atomic E-state index is 12.5. The van der Waals surface area contributed by atoms with Crippen molar-refractivity contribution >= 4 is 28.9 Å². The summed E-state index contributed by atoms with van der Waals surface area (Å²) in [4.78, 5) is 29.7. The molecule has 0 atom stereocenters. The van der Waals surface area contributed by atoms with E-state index in [4.69, 9.17) is 10.00 Å². The van der Waals surface area contributed by atoms with Gasteiger partial charge in [0.25, 0.3) is 5.91 Å². The average Bonchev–Trinajstić information content (AvgIpc) is 3.10. The van der Waals surface area contributed by atoms with Crippen molar-refractivity contribution in [3.8, 4) is 11.8 Å². The smallest absolute Gasteiger partial charge is 0.272 e. The number of carbonyl (C=O) groups is 2. The van der Waals surface area contributed by atoms with E-state index in [1.54, 1.807) is 30.3 Å². The van der Waals surface area contributed by atoms with Crippen molar-refractivity contribution in [2.24, 2.45) is 0 Å². The summed E-state index contributed by atoms with van der Waals surface area (Å²) in [7, 11) is 0. The number of rotatable bonds is 7. The minimum Gasteiger partial charge on any atom is -0.491 e. The molecule has 0 aliphatic heterocycles. The monoisotopic (exact) mass is 363 g/mol. The number of ether oxygens (including phenoxy) is 1. The highest BCUT2D eigenvalue weighted by Crippen LogP contribution is 2.23. The van der Waals surface area contributed by atoms with Gasteiger partial charge in [-0.15, -0.1) is 0 Å². The summed E-state index contributed by atoms with van der Waals surface area (Å²) in [6.45, 7) is 2.65. The van der Waals surface area contributed by atoms with Crippen molar-refractivity contribution in [3.63, 3.8) is 0 Å². The van der Waals surface area contributed by atoms with E-state index in [9.17, 15) is 9.59 Å². The number of fused-ring (bicyclic) bond motifs is 1. The number of anilines is 1. The SMILES string of the molecule is Cc1cc(NC(=O)c2cc3cc(C#N)ncc3[nH]2)ccc1OCCNC=O. The summed E-state index contributed by atoms with van der Waals surface area (Å²) in [6.07, 6.45) is 2.15. The molecule has 1 aromatic carbocycles. The minimum absolute atomic E-state index is 0.294. The molecule has 2 amide bonds. The predicted molar refractivity (Wildman–Crippen MR) is 99.5 cm³/mol. The van der Waals surface area contributed by atoms with Crippen LogP contribution < -0.4 is 15.4 Å². The van der Waals surface area contributed by atoms with E-state index < -0.39 is 0 Å². The number of nitrogens with zero attached hydrogens (tertiary/aromatic N) is 2. The summed E-state index contributed by atoms with van der Waals surface area (Å²) in [5.41, 5.74) is 2.84. The highest BCUT2D eigenvalue weighted by atomic mass is 16.5. The van der Waals surface area contributed by atoms with Crippen molar-refractivity contribution < 1.29 is 14.3 Å². The van der Waals surface area contributed by atoms with Gasteiger partial charge >= 0.3 is 0 Å². The van der Waals surface area contributed by atoms with Crippen molar-refractivity contribution in [1.29, 1.82) is 5.26 Å². The van der Waals surface area contributed by atoms with Crippen LogP contribution in [-0.2, 0) is 4.79 Å². The molecule has 0 aliphatic rings. The number of carbonyl (C=O) groups excluding carboxylic acids is 2. The molecule has 0 radical (unpaired) electrons. The standard InChI is InChI=1S/C19H17N5O3/c1-12-6-14(2-3-18(12)27-5-4-21-11-25)23-19(26)16-8-13-7-15(9-20)22-10-17(13)24-16/h2-3,6-8,10-11,24H,4-5H2,1H3,(H,21,25)(H,23,26). The lowest BCUT2D eigenvalue weighted by atomic mass is 10.2. The van der Waals surface area contributed by atoms with Gasteiger partial charge in [-0.05, 0) is 42.8 Å². The van der Waals surface area contributed by atoms with E-state index >= 15 is 0 Å². The van der Waals surface area contributed by atoms with Gasteiger partial charge in [-0.3, -0.25) is 9.59 Å². The second-order valence-corrected chi connectivity index (χ2v) is 5.81. The summed E-state index contributed by atoms with van der Waals surface area (Å²) < 4.78 is 5.57. The normalized spacial score (nSPS) is 10.2. The Hall–Kier alpha value is -3.86. The fourth-order valence-electron chi connectivity index (χ4n) is 2.58. The molecule has 8 nitrogen and oxygen atoms in total. The van der Waals surface area contributed by atoms with Gasteiger partial charge in [-0.2, -0.15) is 5.26 Å². The van der Waals surface area contributed by atoms with Crippen molar-refractivity contribution in [3.05, 3.63) is 53.5 Å². The van der Waals surface area contributed by atoms with Gasteiger partial charge in [0, 0.05) is 11.1 Å². The Balaban J connectivity index is 1.69. The van der Waals surface area contributed by atoms with Crippen molar-refractivity contribution in [2.45, 2.75) is 6.92 Å². The molecule has 0 saturated heterocycles. The summed E-state index contributed by atoms with van der Waals surface area (Å²) in [5, 5.41) is 15.0. The third-order valence-electron chi connectivity index (χ3n) is 3.88. The van der Waals surface area contributed by atoms with Crippen LogP contribution in [0.15, 0.2) is 36.5 Å². The van der Waals surface area contributed by atoms with Gasteiger partial charge in [-0.1, -0.05) is 0 Å². The second-order valence-electron chi connectivity index (χ2n) is 5.81. The van der Waals surface area contributed by atoms with Crippen LogP contribution in [0.4, 0.5) is 5.69 Å². The Morgan fingerprint density at radius 2 is 2.22 bits per heavy atom. The third kappa shape index (κ3) is 4.22. The fourth-order valence-corrected chi connectivity index (χ4v) is 2.58. The molecule has 0 unspecified atom stereocenters. The quantitative estimate of drug-likeness (QED) is 0.439. The van der Waals surface area contributed by atoms with Crippen LogP contribution in [0.1, 0.15) is 21.7 Å². The molecular weight excluding hydrogens is 346 g/mol. The molecule has 3 aromatic rings. The Morgan fingerprint density at radius 3 is 2.96 bits per heavy atom. The number of aromatic amines is 1. The summed E-state index contributed by atoms with van der Waals surface area (Å²) in [6, 6.07) is 10.6. The number of aryl methyl sites for hydroxylation is 1. The zero-order chi connectivity index (χ0) is 19.2. The van der Waals surface area contributed by atoms with Gasteiger partial charge in [0.2, 0.25) is 6.41 Å². The highest BCUT2D eigenvalue weighted by Gasteiger charge is 2.11. The van der Waals surface area contributed by atoms with Gasteiger partial charge in [0.15, 0.2) is 0 Å². The first-order chi connectivity index (χ1) is 13.1. The van der Waals surface area contributed by atoms with Crippen LogP contribution in [0, 0.1) is 18.3 Å². The van der Waals surface area contributed by atoms with Crippen LogP contribution in [0.25, 0.3) is 10.9 Å². The fraction of sp³-hybridized carbons (Fsp3) is 0.158. The van der Waals surface area contributed by atoms with Crippen molar-refractivity contribution in [2.75, 3.05) is 18.5 Å². The summed E-state index contributed by atoms with van der Waals surface area (Å²) >= 11 is 0. The van der Waals surface area contributed by atoms with Crippen LogP contribution >= 0.6 is 0 Å². The average molecular weight is 363 g/mol. The van der Waals surface area contributed by atoms with E-state index in [-0.39, 0.29) is 5.91 Å². The van der Waals surface area contributed by atoms with Crippen molar-refractivity contribution in [1.82, 2.24) is 15.3 Å². The van der Waals surface area contributed by atoms with E-state index in [0.29, 0.717) is 47.9 Å². The lowest BCUT2D eigenvalue weighted by molar-refractivity contribution is -0.109. The first kappa shape index (κ1) is 17.9. The molecule has 8 heteroatoms. The van der Waals surface area contributed by atoms with Crippen LogP contribution in [0.2, 0.25) is 0 Å². The number of pyridine rings is 1. The first-order valence-corrected chi connectivity index (χ1v) is 8.21. The van der Waals surface area contributed by atoms with E-state index in [2.05, 4.69) is 20.6 Å². The van der Waals surface area contributed by atoms with Gasteiger partial charge < -0.3 is 20.4 Å². The molecular formula is C19H17N5O3. The molecule has 0 saturated carbocycles. The molecule has 3 N–H and O–H groups in total.